The fourth-order valence-electron chi connectivity index (χ4n) is 10.9. The van der Waals surface area contributed by atoms with E-state index in [1.807, 2.05) is 71.6 Å². The van der Waals surface area contributed by atoms with Gasteiger partial charge in [-0.05, 0) is 83.8 Å². The Kier molecular flexibility index (Phi) is 14.5. The van der Waals surface area contributed by atoms with E-state index in [0.29, 0.717) is 40.8 Å². The van der Waals surface area contributed by atoms with E-state index in [2.05, 4.69) is 17.2 Å². The molecule has 3 amide bonds. The first-order valence-electron chi connectivity index (χ1n) is 23.9. The smallest absolute Gasteiger partial charge is 0.421 e. The molecular weight excluding hydrogens is 891 g/mol. The largest absolute Gasteiger partial charge is 0.491 e. The average molecular weight is 948 g/mol. The van der Waals surface area contributed by atoms with Gasteiger partial charge in [0.1, 0.15) is 42.1 Å². The molecule has 70 heavy (non-hydrogen) atoms. The fourth-order valence-corrected chi connectivity index (χ4v) is 10.9. The standard InChI is InChI=1S/C56H57N3O11/c1-67-33-34-69-54(65)58-44-26-21-37(27-30-55(66)28-13-2-3-14-29-55)35-43(44)56(53(58)64)46(51(62)57-36-45(61)38-15-7-4-8-16-38)48-52(63)70-49(40-19-11-6-12-20-40)47(39-17-9-5-10-18-39)59(48)50(56)41-22-24-42(25-23-41)68-32-31-60/h4-12,15-26,35,45-50,60-61,66H,2-3,13-14,28-29,31-34,36H2,1H3,(H,57,62)/t45-,46-,47-,48-,49+,50+,56-/m0/s1. The van der Waals surface area contributed by atoms with Crippen LogP contribution in [-0.4, -0.2) is 95.8 Å². The van der Waals surface area contributed by atoms with E-state index < -0.39 is 71.1 Å². The molecule has 7 atom stereocenters. The van der Waals surface area contributed by atoms with Gasteiger partial charge in [-0.2, -0.15) is 0 Å². The first-order chi connectivity index (χ1) is 34.1. The van der Waals surface area contributed by atoms with Crippen LogP contribution >= 0.6 is 0 Å². The molecule has 1 saturated carbocycles. The molecule has 5 aromatic carbocycles. The highest BCUT2D eigenvalue weighted by molar-refractivity contribution is 6.23. The van der Waals surface area contributed by atoms with Crippen molar-refractivity contribution >= 4 is 29.6 Å². The van der Waals surface area contributed by atoms with Crippen molar-refractivity contribution in [3.8, 4) is 17.6 Å². The van der Waals surface area contributed by atoms with E-state index in [0.717, 1.165) is 36.1 Å². The zero-order valence-corrected chi connectivity index (χ0v) is 38.9. The molecule has 362 valence electrons. The zero-order chi connectivity index (χ0) is 48.8. The van der Waals surface area contributed by atoms with E-state index in [1.165, 1.54) is 7.11 Å². The molecule has 2 saturated heterocycles. The quantitative estimate of drug-likeness (QED) is 0.0420. The van der Waals surface area contributed by atoms with Gasteiger partial charge < -0.3 is 39.6 Å². The molecule has 0 unspecified atom stereocenters. The van der Waals surface area contributed by atoms with Crippen molar-refractivity contribution in [1.82, 2.24) is 10.2 Å². The molecular formula is C56H57N3O11. The number of amides is 3. The normalized spacial score (nSPS) is 24.1. The molecule has 3 fully saturated rings. The summed E-state index contributed by atoms with van der Waals surface area (Å²) in [5.74, 6) is 2.76. The van der Waals surface area contributed by atoms with Crippen LogP contribution in [0.1, 0.15) is 96.2 Å². The van der Waals surface area contributed by atoms with Crippen LogP contribution in [0.3, 0.4) is 0 Å². The number of aliphatic hydroxyl groups excluding tert-OH is 2. The first-order valence-corrected chi connectivity index (χ1v) is 23.9. The third-order valence-corrected chi connectivity index (χ3v) is 14.0. The van der Waals surface area contributed by atoms with Crippen molar-refractivity contribution in [3.63, 3.8) is 0 Å². The predicted molar refractivity (Wildman–Crippen MR) is 258 cm³/mol. The predicted octanol–water partition coefficient (Wildman–Crippen LogP) is 6.79. The monoisotopic (exact) mass is 947 g/mol. The van der Waals surface area contributed by atoms with Gasteiger partial charge in [-0.15, -0.1) is 0 Å². The number of nitrogens with one attached hydrogen (secondary N) is 1. The Hall–Kier alpha value is -6.86. The Labute approximate surface area is 407 Å². The SMILES string of the molecule is COCCOC(=O)N1C(=O)[C@@]2(c3cc(C#CC4(O)CCCCCC4)ccc31)[C@H](C(=O)NC[C@H](O)c1ccccc1)[C@H]1C(=O)O[C@H](c3ccccc3)[C@H](c3ccccc3)N1[C@@H]2c1ccc(OCCO)cc1. The molecule has 1 spiro atoms. The number of hydrogen-bond donors (Lipinski definition) is 4. The van der Waals surface area contributed by atoms with Gasteiger partial charge in [0.2, 0.25) is 11.8 Å². The summed E-state index contributed by atoms with van der Waals surface area (Å²) in [5.41, 5.74) is -0.232. The number of ether oxygens (including phenoxy) is 4. The number of benzene rings is 5. The van der Waals surface area contributed by atoms with Crippen molar-refractivity contribution in [2.45, 2.75) is 79.9 Å². The summed E-state index contributed by atoms with van der Waals surface area (Å²) in [5, 5.41) is 35.7. The van der Waals surface area contributed by atoms with Gasteiger partial charge in [0, 0.05) is 19.2 Å². The molecule has 3 aliphatic heterocycles. The minimum absolute atomic E-state index is 0.0175. The number of imide groups is 1. The van der Waals surface area contributed by atoms with Crippen LogP contribution in [0.2, 0.25) is 0 Å². The number of esters is 1. The molecule has 0 radical (unpaired) electrons. The summed E-state index contributed by atoms with van der Waals surface area (Å²) in [6.07, 6.45) is 1.44. The Balaban J connectivity index is 1.32. The first kappa shape index (κ1) is 48.2. The number of nitrogens with zero attached hydrogens (tertiary/aromatic N) is 2. The van der Waals surface area contributed by atoms with Crippen LogP contribution in [0.15, 0.2) is 133 Å². The molecule has 14 heteroatoms. The minimum atomic E-state index is -2.12. The third-order valence-electron chi connectivity index (χ3n) is 14.0. The second-order valence-electron chi connectivity index (χ2n) is 18.3. The average Bonchev–Trinajstić information content (AvgIpc) is 3.73. The lowest BCUT2D eigenvalue weighted by molar-refractivity contribution is -0.178. The van der Waals surface area contributed by atoms with Gasteiger partial charge in [-0.1, -0.05) is 128 Å². The maximum atomic E-state index is 16.4. The number of carbonyl (C=O) groups excluding carboxylic acids is 4. The molecule has 3 heterocycles. The molecule has 1 aliphatic carbocycles. The van der Waals surface area contributed by atoms with Crippen molar-refractivity contribution in [2.75, 3.05) is 45.0 Å². The summed E-state index contributed by atoms with van der Waals surface area (Å²) in [4.78, 5) is 65.0. The van der Waals surface area contributed by atoms with Crippen LogP contribution in [0.5, 0.6) is 5.75 Å². The Bertz CT molecular complexity index is 2720. The number of carbonyl (C=O) groups is 4. The van der Waals surface area contributed by atoms with Crippen LogP contribution in [-0.2, 0) is 34.0 Å². The van der Waals surface area contributed by atoms with E-state index in [4.69, 9.17) is 18.9 Å². The summed E-state index contributed by atoms with van der Waals surface area (Å²) in [6.45, 7) is -0.665. The summed E-state index contributed by atoms with van der Waals surface area (Å²) in [6, 6.07) is 35.8. The lowest BCUT2D eigenvalue weighted by atomic mass is 9.65. The van der Waals surface area contributed by atoms with Crippen molar-refractivity contribution in [1.29, 1.82) is 0 Å². The lowest BCUT2D eigenvalue weighted by Gasteiger charge is -2.46. The number of rotatable bonds is 13. The highest BCUT2D eigenvalue weighted by Crippen LogP contribution is 2.66. The van der Waals surface area contributed by atoms with Crippen LogP contribution in [0.25, 0.3) is 0 Å². The molecule has 0 aromatic heterocycles. The number of fused-ring (bicyclic) bond motifs is 3. The van der Waals surface area contributed by atoms with Crippen molar-refractivity contribution < 1.29 is 53.4 Å². The molecule has 14 nitrogen and oxygen atoms in total. The number of methoxy groups -OCH3 is 1. The lowest BCUT2D eigenvalue weighted by Crippen LogP contribution is -2.56. The molecule has 0 bridgehead atoms. The minimum Gasteiger partial charge on any atom is -0.491 e. The molecule has 4 N–H and O–H groups in total. The summed E-state index contributed by atoms with van der Waals surface area (Å²) in [7, 11) is 1.45. The second kappa shape index (κ2) is 21.0. The fraction of sp³-hybridized carbons (Fsp3) is 0.357. The van der Waals surface area contributed by atoms with Crippen LogP contribution in [0, 0.1) is 17.8 Å². The number of cyclic esters (lactones) is 1. The third kappa shape index (κ3) is 9.19. The molecule has 9 rings (SSSR count). The number of hydrogen-bond acceptors (Lipinski definition) is 12. The van der Waals surface area contributed by atoms with Crippen molar-refractivity contribution in [3.05, 3.63) is 167 Å². The van der Waals surface area contributed by atoms with Gasteiger partial charge >= 0.3 is 12.1 Å². The Morgan fingerprint density at radius 1 is 0.800 bits per heavy atom. The Morgan fingerprint density at radius 3 is 2.11 bits per heavy atom. The van der Waals surface area contributed by atoms with E-state index in [-0.39, 0.29) is 44.2 Å². The highest BCUT2D eigenvalue weighted by atomic mass is 16.6. The zero-order valence-electron chi connectivity index (χ0n) is 38.9. The second-order valence-corrected chi connectivity index (χ2v) is 18.3. The van der Waals surface area contributed by atoms with Gasteiger partial charge in [0.15, 0.2) is 0 Å². The maximum Gasteiger partial charge on any atom is 0.421 e. The molecule has 5 aromatic rings. The van der Waals surface area contributed by atoms with E-state index >= 15 is 14.4 Å². The summed E-state index contributed by atoms with van der Waals surface area (Å²) < 4.78 is 23.3. The van der Waals surface area contributed by atoms with Gasteiger partial charge in [-0.3, -0.25) is 19.3 Å². The van der Waals surface area contributed by atoms with Gasteiger partial charge in [-0.25, -0.2) is 9.69 Å². The van der Waals surface area contributed by atoms with Crippen LogP contribution < -0.4 is 15.0 Å². The molecule has 4 aliphatic rings. The highest BCUT2D eigenvalue weighted by Gasteiger charge is 2.75. The number of aliphatic hydroxyl groups is 3. The Morgan fingerprint density at radius 2 is 1.46 bits per heavy atom. The van der Waals surface area contributed by atoms with E-state index in [9.17, 15) is 20.1 Å². The van der Waals surface area contributed by atoms with Crippen LogP contribution in [0.4, 0.5) is 10.5 Å². The van der Waals surface area contributed by atoms with Crippen molar-refractivity contribution in [2.24, 2.45) is 5.92 Å². The van der Waals surface area contributed by atoms with E-state index in [1.54, 1.807) is 66.7 Å². The maximum absolute atomic E-state index is 16.4. The number of morpholine rings is 1. The summed E-state index contributed by atoms with van der Waals surface area (Å²) >= 11 is 0. The number of anilines is 1. The topological polar surface area (TPSA) is 184 Å². The van der Waals surface area contributed by atoms with Gasteiger partial charge in [0.05, 0.1) is 43.0 Å². The van der Waals surface area contributed by atoms with Gasteiger partial charge in [0.25, 0.3) is 0 Å².